The van der Waals surface area contributed by atoms with Gasteiger partial charge in [-0.05, 0) is 94.8 Å². The van der Waals surface area contributed by atoms with Crippen molar-refractivity contribution in [3.8, 4) is 61.8 Å². The highest BCUT2D eigenvalue weighted by molar-refractivity contribution is 6.10. The molecule has 10 aromatic rings. The SMILES string of the molecule is Cc1c(-c2ccccc2)nc(-c2ccccc2)nc1-c1cccc(C2Cc3ccccc3-c3ccc(-c4ccc5c(c4)c4ccccc4n5-c4ccccc4)cc32)c1. The Morgan fingerprint density at radius 2 is 1.07 bits per heavy atom. The van der Waals surface area contributed by atoms with Crippen molar-refractivity contribution in [2.45, 2.75) is 19.3 Å². The number of nitrogens with zero attached hydrogens (tertiary/aromatic N) is 3. The topological polar surface area (TPSA) is 30.7 Å². The summed E-state index contributed by atoms with van der Waals surface area (Å²) in [6, 6.07) is 72.3. The van der Waals surface area contributed by atoms with Crippen LogP contribution < -0.4 is 0 Å². The van der Waals surface area contributed by atoms with Gasteiger partial charge >= 0.3 is 0 Å². The van der Waals surface area contributed by atoms with Crippen LogP contribution in [-0.4, -0.2) is 14.5 Å². The zero-order valence-corrected chi connectivity index (χ0v) is 32.2. The Labute approximate surface area is 338 Å². The number of benzene rings is 8. The van der Waals surface area contributed by atoms with Crippen LogP contribution in [0.2, 0.25) is 0 Å². The first-order valence-electron chi connectivity index (χ1n) is 20.1. The van der Waals surface area contributed by atoms with Gasteiger partial charge in [-0.2, -0.15) is 0 Å². The van der Waals surface area contributed by atoms with Gasteiger partial charge in [-0.25, -0.2) is 9.97 Å². The van der Waals surface area contributed by atoms with Crippen molar-refractivity contribution >= 4 is 21.8 Å². The molecule has 0 saturated carbocycles. The second-order valence-electron chi connectivity index (χ2n) is 15.4. The molecule has 58 heavy (non-hydrogen) atoms. The molecule has 3 nitrogen and oxygen atoms in total. The van der Waals surface area contributed by atoms with Crippen LogP contribution in [0.4, 0.5) is 0 Å². The maximum atomic E-state index is 5.27. The maximum Gasteiger partial charge on any atom is 0.160 e. The quantitative estimate of drug-likeness (QED) is 0.170. The molecule has 274 valence electrons. The Balaban J connectivity index is 1.05. The molecule has 1 atom stereocenters. The fourth-order valence-electron chi connectivity index (χ4n) is 9.17. The Bertz CT molecular complexity index is 3140. The van der Waals surface area contributed by atoms with Crippen LogP contribution in [0.5, 0.6) is 0 Å². The lowest BCUT2D eigenvalue weighted by Crippen LogP contribution is -2.13. The average molecular weight is 742 g/mol. The molecule has 0 radical (unpaired) electrons. The lowest BCUT2D eigenvalue weighted by molar-refractivity contribution is 0.794. The summed E-state index contributed by atoms with van der Waals surface area (Å²) in [7, 11) is 0. The molecule has 0 N–H and O–H groups in total. The molecule has 0 amide bonds. The molecule has 2 aromatic heterocycles. The number of rotatable bonds is 6. The fourth-order valence-corrected chi connectivity index (χ4v) is 9.17. The molecule has 0 fully saturated rings. The van der Waals surface area contributed by atoms with E-state index in [2.05, 4.69) is 206 Å². The van der Waals surface area contributed by atoms with Gasteiger partial charge < -0.3 is 4.57 Å². The predicted octanol–water partition coefficient (Wildman–Crippen LogP) is 13.9. The molecule has 0 aliphatic heterocycles. The molecule has 1 aliphatic carbocycles. The molecular formula is C55H39N3. The molecule has 3 heteroatoms. The summed E-state index contributed by atoms with van der Waals surface area (Å²) in [5.41, 5.74) is 18.9. The van der Waals surface area contributed by atoms with Crippen LogP contribution in [0.25, 0.3) is 83.6 Å². The number of fused-ring (bicyclic) bond motifs is 6. The number of aromatic nitrogens is 3. The minimum Gasteiger partial charge on any atom is -0.309 e. The van der Waals surface area contributed by atoms with E-state index in [0.29, 0.717) is 0 Å². The minimum absolute atomic E-state index is 0.165. The average Bonchev–Trinajstić information content (AvgIpc) is 3.63. The summed E-state index contributed by atoms with van der Waals surface area (Å²) in [4.78, 5) is 10.4. The Morgan fingerprint density at radius 3 is 1.88 bits per heavy atom. The lowest BCUT2D eigenvalue weighted by atomic mass is 9.74. The van der Waals surface area contributed by atoms with E-state index in [9.17, 15) is 0 Å². The van der Waals surface area contributed by atoms with Crippen molar-refractivity contribution in [2.75, 3.05) is 0 Å². The third kappa shape index (κ3) is 5.74. The van der Waals surface area contributed by atoms with Crippen LogP contribution in [0.15, 0.2) is 200 Å². The van der Waals surface area contributed by atoms with E-state index in [0.717, 1.165) is 45.9 Å². The van der Waals surface area contributed by atoms with Gasteiger partial charge in [-0.1, -0.05) is 158 Å². The van der Waals surface area contributed by atoms with Crippen LogP contribution >= 0.6 is 0 Å². The van der Waals surface area contributed by atoms with E-state index in [1.807, 2.05) is 6.07 Å². The summed E-state index contributed by atoms with van der Waals surface area (Å²) in [5.74, 6) is 0.897. The van der Waals surface area contributed by atoms with E-state index in [1.165, 1.54) is 66.4 Å². The fraction of sp³-hybridized carbons (Fsp3) is 0.0545. The molecule has 0 spiro atoms. The highest BCUT2D eigenvalue weighted by atomic mass is 15.0. The molecule has 11 rings (SSSR count). The summed E-state index contributed by atoms with van der Waals surface area (Å²) in [6.45, 7) is 2.16. The number of para-hydroxylation sites is 2. The molecule has 1 aliphatic rings. The largest absolute Gasteiger partial charge is 0.309 e. The van der Waals surface area contributed by atoms with Crippen molar-refractivity contribution in [1.29, 1.82) is 0 Å². The number of hydrogen-bond donors (Lipinski definition) is 0. The number of hydrogen-bond acceptors (Lipinski definition) is 2. The molecular weight excluding hydrogens is 703 g/mol. The first-order chi connectivity index (χ1) is 28.7. The smallest absolute Gasteiger partial charge is 0.160 e. The van der Waals surface area contributed by atoms with Gasteiger partial charge in [0.1, 0.15) is 0 Å². The third-order valence-corrected chi connectivity index (χ3v) is 12.0. The van der Waals surface area contributed by atoms with Gasteiger partial charge in [0.15, 0.2) is 5.82 Å². The summed E-state index contributed by atoms with van der Waals surface area (Å²) >= 11 is 0. The van der Waals surface area contributed by atoms with Crippen molar-refractivity contribution in [1.82, 2.24) is 14.5 Å². The van der Waals surface area contributed by atoms with Gasteiger partial charge in [-0.3, -0.25) is 0 Å². The normalized spacial score (nSPS) is 13.4. The monoisotopic (exact) mass is 741 g/mol. The first kappa shape index (κ1) is 33.9. The van der Waals surface area contributed by atoms with E-state index in [4.69, 9.17) is 9.97 Å². The Kier molecular flexibility index (Phi) is 8.18. The van der Waals surface area contributed by atoms with Crippen molar-refractivity contribution in [3.05, 3.63) is 222 Å². The zero-order valence-electron chi connectivity index (χ0n) is 32.2. The first-order valence-corrected chi connectivity index (χ1v) is 20.1. The Hall–Kier alpha value is -7.36. The van der Waals surface area contributed by atoms with E-state index in [-0.39, 0.29) is 5.92 Å². The van der Waals surface area contributed by atoms with E-state index in [1.54, 1.807) is 0 Å². The second kappa shape index (κ2) is 14.0. The van der Waals surface area contributed by atoms with Gasteiger partial charge in [0.2, 0.25) is 0 Å². The highest BCUT2D eigenvalue weighted by Crippen LogP contribution is 2.46. The minimum atomic E-state index is 0.165. The maximum absolute atomic E-state index is 5.27. The molecule has 1 unspecified atom stereocenters. The second-order valence-corrected chi connectivity index (χ2v) is 15.4. The third-order valence-electron chi connectivity index (χ3n) is 12.0. The van der Waals surface area contributed by atoms with Gasteiger partial charge in [0.25, 0.3) is 0 Å². The van der Waals surface area contributed by atoms with E-state index >= 15 is 0 Å². The lowest BCUT2D eigenvalue weighted by Gasteiger charge is -2.29. The van der Waals surface area contributed by atoms with Crippen LogP contribution in [-0.2, 0) is 6.42 Å². The van der Waals surface area contributed by atoms with E-state index < -0.39 is 0 Å². The zero-order chi connectivity index (χ0) is 38.6. The van der Waals surface area contributed by atoms with Gasteiger partial charge in [-0.15, -0.1) is 0 Å². The molecule has 2 heterocycles. The van der Waals surface area contributed by atoms with Crippen molar-refractivity contribution < 1.29 is 0 Å². The van der Waals surface area contributed by atoms with Crippen LogP contribution in [0.1, 0.15) is 28.2 Å². The van der Waals surface area contributed by atoms with Crippen molar-refractivity contribution in [3.63, 3.8) is 0 Å². The molecule has 8 aromatic carbocycles. The van der Waals surface area contributed by atoms with Gasteiger partial charge in [0.05, 0.1) is 22.4 Å². The van der Waals surface area contributed by atoms with Crippen LogP contribution in [0, 0.1) is 6.92 Å². The summed E-state index contributed by atoms with van der Waals surface area (Å²) in [6.07, 6.45) is 0.924. The van der Waals surface area contributed by atoms with Crippen LogP contribution in [0.3, 0.4) is 0 Å². The molecule has 0 bridgehead atoms. The van der Waals surface area contributed by atoms with Crippen molar-refractivity contribution in [2.24, 2.45) is 0 Å². The standard InChI is InChI=1S/C55H39N3/c1-36-53(37-16-5-2-6-17-37)56-55(38-18-7-3-8-19-38)57-54(36)43-22-15-21-41(32-43)48-35-42-20-11-12-25-45(42)46-30-28-39(33-49(46)48)40-29-31-52-50(34-40)47-26-13-14-27-51(47)58(52)44-23-9-4-10-24-44/h2-34,48H,35H2,1H3. The summed E-state index contributed by atoms with van der Waals surface area (Å²) in [5, 5.41) is 2.52. The van der Waals surface area contributed by atoms with Gasteiger partial charge in [0, 0.05) is 44.6 Å². The summed E-state index contributed by atoms with van der Waals surface area (Å²) < 4.78 is 2.38. The predicted molar refractivity (Wildman–Crippen MR) is 240 cm³/mol. The highest BCUT2D eigenvalue weighted by Gasteiger charge is 2.27. The molecule has 0 saturated heterocycles. The Morgan fingerprint density at radius 1 is 0.448 bits per heavy atom.